The van der Waals surface area contributed by atoms with Gasteiger partial charge in [-0.05, 0) is 24.1 Å². The summed E-state index contributed by atoms with van der Waals surface area (Å²) in [6.45, 7) is 1.84. The molecule has 1 amide bonds. The molecular formula is C15H19N5O2. The average molecular weight is 301 g/mol. The van der Waals surface area contributed by atoms with Crippen molar-refractivity contribution in [1.29, 1.82) is 0 Å². The van der Waals surface area contributed by atoms with E-state index in [1.807, 2.05) is 12.1 Å². The predicted molar refractivity (Wildman–Crippen MR) is 78.8 cm³/mol. The van der Waals surface area contributed by atoms with Gasteiger partial charge in [0.1, 0.15) is 12.7 Å². The van der Waals surface area contributed by atoms with Gasteiger partial charge in [0.25, 0.3) is 0 Å². The molecule has 0 radical (unpaired) electrons. The highest BCUT2D eigenvalue weighted by Gasteiger charge is 2.29. The highest BCUT2D eigenvalue weighted by molar-refractivity contribution is 5.76. The van der Waals surface area contributed by atoms with Crippen LogP contribution in [0.3, 0.4) is 0 Å². The van der Waals surface area contributed by atoms with E-state index in [1.165, 1.54) is 5.56 Å². The largest absolute Gasteiger partial charge is 0.379 e. The van der Waals surface area contributed by atoms with Crippen molar-refractivity contribution in [2.75, 3.05) is 13.2 Å². The van der Waals surface area contributed by atoms with Gasteiger partial charge < -0.3 is 14.6 Å². The van der Waals surface area contributed by atoms with Gasteiger partial charge in [-0.2, -0.15) is 0 Å². The third-order valence-electron chi connectivity index (χ3n) is 3.86. The molecule has 1 aliphatic heterocycles. The Balaban J connectivity index is 1.49. The minimum absolute atomic E-state index is 0.0314. The third-order valence-corrected chi connectivity index (χ3v) is 3.86. The van der Waals surface area contributed by atoms with Gasteiger partial charge in [0.15, 0.2) is 0 Å². The predicted octanol–water partition coefficient (Wildman–Crippen LogP) is 0.437. The second-order valence-electron chi connectivity index (χ2n) is 5.48. The fourth-order valence-electron chi connectivity index (χ4n) is 2.63. The summed E-state index contributed by atoms with van der Waals surface area (Å²) in [5, 5.41) is 10.5. The molecule has 1 N–H and O–H groups in total. The lowest BCUT2D eigenvalue weighted by Gasteiger charge is -2.19. The van der Waals surface area contributed by atoms with E-state index in [1.54, 1.807) is 29.6 Å². The summed E-state index contributed by atoms with van der Waals surface area (Å²) < 4.78 is 7.33. The first-order chi connectivity index (χ1) is 10.8. The van der Waals surface area contributed by atoms with Crippen molar-refractivity contribution in [2.24, 2.45) is 5.92 Å². The number of nitrogens with zero attached hydrogens (tertiary/aromatic N) is 4. The topological polar surface area (TPSA) is 81.9 Å². The van der Waals surface area contributed by atoms with Gasteiger partial charge >= 0.3 is 0 Å². The van der Waals surface area contributed by atoms with Crippen molar-refractivity contribution in [3.05, 3.63) is 42.7 Å². The van der Waals surface area contributed by atoms with E-state index in [4.69, 9.17) is 4.74 Å². The van der Waals surface area contributed by atoms with Crippen molar-refractivity contribution in [2.45, 2.75) is 25.4 Å². The van der Waals surface area contributed by atoms with Crippen molar-refractivity contribution < 1.29 is 9.53 Å². The average Bonchev–Trinajstić information content (AvgIpc) is 3.19. The van der Waals surface area contributed by atoms with E-state index >= 15 is 0 Å². The van der Waals surface area contributed by atoms with Crippen LogP contribution in [0.5, 0.6) is 0 Å². The summed E-state index contributed by atoms with van der Waals surface area (Å²) in [4.78, 5) is 16.1. The molecule has 2 aromatic heterocycles. The van der Waals surface area contributed by atoms with Gasteiger partial charge in [-0.3, -0.25) is 9.78 Å². The van der Waals surface area contributed by atoms with E-state index in [2.05, 4.69) is 20.5 Å². The lowest BCUT2D eigenvalue weighted by Crippen LogP contribution is -2.40. The normalized spacial score (nSPS) is 20.9. The molecule has 0 aliphatic carbocycles. The Morgan fingerprint density at radius 1 is 1.27 bits per heavy atom. The van der Waals surface area contributed by atoms with Crippen LogP contribution in [0.1, 0.15) is 12.0 Å². The number of amides is 1. The van der Waals surface area contributed by atoms with E-state index in [-0.39, 0.29) is 11.9 Å². The first-order valence-corrected chi connectivity index (χ1v) is 7.39. The molecule has 3 heterocycles. The van der Waals surface area contributed by atoms with Crippen molar-refractivity contribution in [3.63, 3.8) is 0 Å². The zero-order chi connectivity index (χ0) is 15.2. The Bertz CT molecular complexity index is 587. The highest BCUT2D eigenvalue weighted by Crippen LogP contribution is 2.19. The monoisotopic (exact) mass is 301 g/mol. The SMILES string of the molecule is O=C(CCn1cnnc1)N[C@@H]1COC[C@@H]1Cc1ccncc1. The fourth-order valence-corrected chi connectivity index (χ4v) is 2.63. The summed E-state index contributed by atoms with van der Waals surface area (Å²) >= 11 is 0. The van der Waals surface area contributed by atoms with Crippen molar-refractivity contribution in [3.8, 4) is 0 Å². The van der Waals surface area contributed by atoms with Crippen molar-refractivity contribution in [1.82, 2.24) is 25.1 Å². The first-order valence-electron chi connectivity index (χ1n) is 7.39. The lowest BCUT2D eigenvalue weighted by atomic mass is 9.95. The van der Waals surface area contributed by atoms with Gasteiger partial charge in [-0.25, -0.2) is 0 Å². The smallest absolute Gasteiger partial charge is 0.222 e. The van der Waals surface area contributed by atoms with Crippen LogP contribution in [0.4, 0.5) is 0 Å². The number of pyridine rings is 1. The number of nitrogens with one attached hydrogen (secondary N) is 1. The van der Waals surface area contributed by atoms with E-state index in [0.29, 0.717) is 32.1 Å². The van der Waals surface area contributed by atoms with Gasteiger partial charge in [-0.1, -0.05) is 0 Å². The second-order valence-corrected chi connectivity index (χ2v) is 5.48. The molecule has 0 unspecified atom stereocenters. The van der Waals surface area contributed by atoms with Crippen molar-refractivity contribution >= 4 is 5.91 Å². The number of aryl methyl sites for hydroxylation is 1. The van der Waals surface area contributed by atoms with Gasteiger partial charge in [0.05, 0.1) is 19.3 Å². The molecule has 1 saturated heterocycles. The van der Waals surface area contributed by atoms with Crippen LogP contribution in [0, 0.1) is 5.92 Å². The number of rotatable bonds is 6. The summed E-state index contributed by atoms with van der Waals surface area (Å²) in [7, 11) is 0. The van der Waals surface area contributed by atoms with Gasteiger partial charge in [0.2, 0.25) is 5.91 Å². The maximum absolute atomic E-state index is 12.1. The standard InChI is InChI=1S/C15H19N5O2/c21-15(3-6-20-10-17-18-11-20)19-14-9-22-8-13(14)7-12-1-4-16-5-2-12/h1-2,4-5,10-11,13-14H,3,6-9H2,(H,19,21)/t13-,14+/m0/s1. The van der Waals surface area contributed by atoms with E-state index < -0.39 is 0 Å². The van der Waals surface area contributed by atoms with Crippen LogP contribution >= 0.6 is 0 Å². The molecule has 1 aliphatic rings. The summed E-state index contributed by atoms with van der Waals surface area (Å²) in [6.07, 6.45) is 8.10. The molecule has 0 saturated carbocycles. The number of hydrogen-bond acceptors (Lipinski definition) is 5. The molecular weight excluding hydrogens is 282 g/mol. The first kappa shape index (κ1) is 14.6. The molecule has 116 valence electrons. The Kier molecular flexibility index (Phi) is 4.75. The zero-order valence-corrected chi connectivity index (χ0v) is 12.3. The summed E-state index contributed by atoms with van der Waals surface area (Å²) in [5.74, 6) is 0.338. The van der Waals surface area contributed by atoms with Crippen LogP contribution in [0.15, 0.2) is 37.2 Å². The fraction of sp³-hybridized carbons (Fsp3) is 0.467. The molecule has 0 spiro atoms. The number of carbonyl (C=O) groups excluding carboxylic acids is 1. The maximum atomic E-state index is 12.1. The number of aromatic nitrogens is 4. The van der Waals surface area contributed by atoms with Crippen LogP contribution in [0.25, 0.3) is 0 Å². The Labute approximate surface area is 128 Å². The Morgan fingerprint density at radius 2 is 2.05 bits per heavy atom. The molecule has 0 bridgehead atoms. The van der Waals surface area contributed by atoms with Gasteiger partial charge in [0, 0.05) is 31.3 Å². The molecule has 2 aromatic rings. The van der Waals surface area contributed by atoms with E-state index in [9.17, 15) is 4.79 Å². The van der Waals surface area contributed by atoms with Crippen LogP contribution < -0.4 is 5.32 Å². The number of ether oxygens (including phenoxy) is 1. The number of carbonyl (C=O) groups is 1. The minimum atomic E-state index is 0.0314. The molecule has 22 heavy (non-hydrogen) atoms. The maximum Gasteiger partial charge on any atom is 0.222 e. The summed E-state index contributed by atoms with van der Waals surface area (Å²) in [6, 6.07) is 4.08. The second kappa shape index (κ2) is 7.13. The highest BCUT2D eigenvalue weighted by atomic mass is 16.5. The Hall–Kier alpha value is -2.28. The Morgan fingerprint density at radius 3 is 2.82 bits per heavy atom. The molecule has 7 heteroatoms. The van der Waals surface area contributed by atoms with Crippen LogP contribution in [-0.2, 0) is 22.5 Å². The molecule has 7 nitrogen and oxygen atoms in total. The quantitative estimate of drug-likeness (QED) is 0.837. The molecule has 2 atom stereocenters. The van der Waals surface area contributed by atoms with Crippen LogP contribution in [0.2, 0.25) is 0 Å². The number of hydrogen-bond donors (Lipinski definition) is 1. The molecule has 1 fully saturated rings. The molecule has 0 aromatic carbocycles. The minimum Gasteiger partial charge on any atom is -0.379 e. The van der Waals surface area contributed by atoms with Gasteiger partial charge in [-0.15, -0.1) is 10.2 Å². The van der Waals surface area contributed by atoms with E-state index in [0.717, 1.165) is 6.42 Å². The molecule has 3 rings (SSSR count). The van der Waals surface area contributed by atoms with Crippen LogP contribution in [-0.4, -0.2) is 44.9 Å². The lowest BCUT2D eigenvalue weighted by molar-refractivity contribution is -0.122. The zero-order valence-electron chi connectivity index (χ0n) is 12.3. The summed E-state index contributed by atoms with van der Waals surface area (Å²) in [5.41, 5.74) is 1.22. The third kappa shape index (κ3) is 3.88.